The first-order valence-electron chi connectivity index (χ1n) is 5.48. The number of carboxylic acid groups (broad SMARTS) is 1. The molecule has 0 aromatic heterocycles. The Labute approximate surface area is 104 Å². The number of amides is 1. The van der Waals surface area contributed by atoms with Gasteiger partial charge in [-0.2, -0.15) is 0 Å². The number of aliphatic carboxylic acids is 1. The summed E-state index contributed by atoms with van der Waals surface area (Å²) in [5.41, 5.74) is 6.19. The fourth-order valence-corrected chi connectivity index (χ4v) is 1.66. The molecule has 100 valence electrons. The molecule has 1 heterocycles. The van der Waals surface area contributed by atoms with Crippen LogP contribution in [0.4, 0.5) is 4.79 Å². The monoisotopic (exact) mass is 256 g/mol. The highest BCUT2D eigenvalue weighted by atomic mass is 16.6. The molecule has 1 amide bonds. The Morgan fingerprint density at radius 3 is 2.56 bits per heavy atom. The van der Waals surface area contributed by atoms with E-state index in [9.17, 15) is 9.59 Å². The third kappa shape index (κ3) is 3.04. The molecule has 0 aromatic carbocycles. The second-order valence-electron chi connectivity index (χ2n) is 5.18. The number of hydrogen-bond donors (Lipinski definition) is 1. The smallest absolute Gasteiger partial charge is 0.410 e. The maximum absolute atomic E-state index is 11.8. The molecule has 0 radical (unpaired) electrons. The Kier molecular flexibility index (Phi) is 3.71. The molecule has 0 bridgehead atoms. The van der Waals surface area contributed by atoms with Crippen LogP contribution in [0.15, 0.2) is 5.11 Å². The number of carboxylic acids is 1. The molecular formula is C10H16N4O4. The first-order valence-corrected chi connectivity index (χ1v) is 5.48. The molecule has 1 unspecified atom stereocenters. The third-order valence-corrected chi connectivity index (χ3v) is 2.53. The van der Waals surface area contributed by atoms with Gasteiger partial charge in [-0.25, -0.2) is 4.79 Å². The van der Waals surface area contributed by atoms with E-state index in [2.05, 4.69) is 10.0 Å². The van der Waals surface area contributed by atoms with Gasteiger partial charge in [-0.3, -0.25) is 4.79 Å². The Morgan fingerprint density at radius 2 is 2.11 bits per heavy atom. The molecule has 0 saturated carbocycles. The van der Waals surface area contributed by atoms with Crippen LogP contribution in [0.5, 0.6) is 0 Å². The lowest BCUT2D eigenvalue weighted by Crippen LogP contribution is -2.42. The first kappa shape index (κ1) is 14.1. The average Bonchev–Trinajstić information content (AvgIpc) is 2.61. The number of likely N-dealkylation sites (tertiary alicyclic amines) is 1. The number of carbonyl (C=O) groups is 2. The van der Waals surface area contributed by atoms with Crippen molar-refractivity contribution in [3.63, 3.8) is 0 Å². The van der Waals surface area contributed by atoms with Crippen LogP contribution < -0.4 is 0 Å². The van der Waals surface area contributed by atoms with E-state index in [4.69, 9.17) is 15.4 Å². The maximum atomic E-state index is 11.8. The molecule has 1 aliphatic heterocycles. The topological polar surface area (TPSA) is 116 Å². The van der Waals surface area contributed by atoms with Crippen LogP contribution in [-0.4, -0.2) is 46.3 Å². The van der Waals surface area contributed by atoms with E-state index >= 15 is 0 Å². The summed E-state index contributed by atoms with van der Waals surface area (Å²) in [4.78, 5) is 26.7. The van der Waals surface area contributed by atoms with Crippen LogP contribution >= 0.6 is 0 Å². The van der Waals surface area contributed by atoms with Gasteiger partial charge < -0.3 is 14.7 Å². The fourth-order valence-electron chi connectivity index (χ4n) is 1.66. The Bertz CT molecular complexity index is 407. The standard InChI is InChI=1S/C10H16N4O4/c1-9(2,3)18-8(17)14-5-4-10(6-14,7(15)16)12-13-11/h4-6H2,1-3H3,(H,15,16). The minimum absolute atomic E-state index is 0.0889. The van der Waals surface area contributed by atoms with Gasteiger partial charge in [-0.1, -0.05) is 5.11 Å². The van der Waals surface area contributed by atoms with Crippen molar-refractivity contribution in [1.82, 2.24) is 4.90 Å². The van der Waals surface area contributed by atoms with Gasteiger partial charge in [0.2, 0.25) is 0 Å². The number of rotatable bonds is 2. The van der Waals surface area contributed by atoms with Crippen molar-refractivity contribution < 1.29 is 19.4 Å². The summed E-state index contributed by atoms with van der Waals surface area (Å²) in [6.45, 7) is 5.19. The molecule has 1 rings (SSSR count). The Balaban J connectivity index is 2.79. The van der Waals surface area contributed by atoms with Crippen molar-refractivity contribution in [3.05, 3.63) is 10.4 Å². The summed E-state index contributed by atoms with van der Waals surface area (Å²) >= 11 is 0. The summed E-state index contributed by atoms with van der Waals surface area (Å²) < 4.78 is 5.13. The lowest BCUT2D eigenvalue weighted by atomic mass is 10.0. The van der Waals surface area contributed by atoms with Crippen LogP contribution in [-0.2, 0) is 9.53 Å². The van der Waals surface area contributed by atoms with Crippen LogP contribution in [0.2, 0.25) is 0 Å². The molecule has 1 aliphatic rings. The van der Waals surface area contributed by atoms with Crippen LogP contribution in [0.3, 0.4) is 0 Å². The summed E-state index contributed by atoms with van der Waals surface area (Å²) in [6, 6.07) is 0. The summed E-state index contributed by atoms with van der Waals surface area (Å²) in [6.07, 6.45) is -0.509. The first-order chi connectivity index (χ1) is 8.20. The zero-order valence-corrected chi connectivity index (χ0v) is 10.6. The number of nitrogens with zero attached hydrogens (tertiary/aromatic N) is 4. The molecule has 0 aromatic rings. The van der Waals surface area contributed by atoms with E-state index in [1.54, 1.807) is 20.8 Å². The van der Waals surface area contributed by atoms with Crippen molar-refractivity contribution in [2.45, 2.75) is 38.3 Å². The van der Waals surface area contributed by atoms with Gasteiger partial charge in [0.05, 0.1) is 0 Å². The van der Waals surface area contributed by atoms with Gasteiger partial charge in [-0.15, -0.1) is 0 Å². The van der Waals surface area contributed by atoms with Gasteiger partial charge in [0.15, 0.2) is 5.54 Å². The second-order valence-corrected chi connectivity index (χ2v) is 5.18. The number of carbonyl (C=O) groups excluding carboxylic acids is 1. The van der Waals surface area contributed by atoms with E-state index in [0.29, 0.717) is 0 Å². The van der Waals surface area contributed by atoms with Crippen LogP contribution in [0, 0.1) is 0 Å². The lowest BCUT2D eigenvalue weighted by Gasteiger charge is -2.25. The molecule has 1 saturated heterocycles. The molecule has 1 fully saturated rings. The average molecular weight is 256 g/mol. The third-order valence-electron chi connectivity index (χ3n) is 2.53. The zero-order chi connectivity index (χ0) is 14.0. The maximum Gasteiger partial charge on any atom is 0.410 e. The second kappa shape index (κ2) is 4.73. The predicted octanol–water partition coefficient (Wildman–Crippen LogP) is 1.76. The molecule has 1 N–H and O–H groups in total. The Morgan fingerprint density at radius 1 is 1.50 bits per heavy atom. The highest BCUT2D eigenvalue weighted by Gasteiger charge is 2.46. The quantitative estimate of drug-likeness (QED) is 0.460. The van der Waals surface area contributed by atoms with Crippen LogP contribution in [0.25, 0.3) is 10.4 Å². The predicted molar refractivity (Wildman–Crippen MR) is 61.9 cm³/mol. The molecular weight excluding hydrogens is 240 g/mol. The minimum atomic E-state index is -1.58. The molecule has 0 aliphatic carbocycles. The van der Waals surface area contributed by atoms with Crippen LogP contribution in [0.1, 0.15) is 27.2 Å². The van der Waals surface area contributed by atoms with E-state index < -0.39 is 23.2 Å². The largest absolute Gasteiger partial charge is 0.481 e. The Hall–Kier alpha value is -1.95. The molecule has 8 nitrogen and oxygen atoms in total. The lowest BCUT2D eigenvalue weighted by molar-refractivity contribution is -0.142. The van der Waals surface area contributed by atoms with Crippen molar-refractivity contribution >= 4 is 12.1 Å². The highest BCUT2D eigenvalue weighted by molar-refractivity contribution is 5.81. The fraction of sp³-hybridized carbons (Fsp3) is 0.800. The summed E-state index contributed by atoms with van der Waals surface area (Å²) in [7, 11) is 0. The van der Waals surface area contributed by atoms with Gasteiger partial charge in [-0.05, 0) is 32.7 Å². The van der Waals surface area contributed by atoms with Crippen molar-refractivity contribution in [2.75, 3.05) is 13.1 Å². The van der Waals surface area contributed by atoms with Gasteiger partial charge in [0.1, 0.15) is 5.60 Å². The minimum Gasteiger partial charge on any atom is -0.481 e. The SMILES string of the molecule is CC(C)(C)OC(=O)N1CCC(N=[N+]=[N-])(C(=O)O)C1. The van der Waals surface area contributed by atoms with E-state index in [1.807, 2.05) is 0 Å². The van der Waals surface area contributed by atoms with Crippen molar-refractivity contribution in [3.8, 4) is 0 Å². The van der Waals surface area contributed by atoms with Crippen molar-refractivity contribution in [2.24, 2.45) is 5.11 Å². The molecule has 1 atom stereocenters. The van der Waals surface area contributed by atoms with E-state index in [-0.39, 0.29) is 19.5 Å². The number of hydrogen-bond acceptors (Lipinski definition) is 4. The van der Waals surface area contributed by atoms with Crippen molar-refractivity contribution in [1.29, 1.82) is 0 Å². The number of ether oxygens (including phenoxy) is 1. The highest BCUT2D eigenvalue weighted by Crippen LogP contribution is 2.27. The van der Waals surface area contributed by atoms with E-state index in [0.717, 1.165) is 0 Å². The molecule has 8 heteroatoms. The molecule has 18 heavy (non-hydrogen) atoms. The normalized spacial score (nSPS) is 23.4. The summed E-state index contributed by atoms with van der Waals surface area (Å²) in [5, 5.41) is 12.4. The zero-order valence-electron chi connectivity index (χ0n) is 10.6. The van der Waals surface area contributed by atoms with Gasteiger partial charge >= 0.3 is 12.1 Å². The van der Waals surface area contributed by atoms with E-state index in [1.165, 1.54) is 4.90 Å². The summed E-state index contributed by atoms with van der Waals surface area (Å²) in [5.74, 6) is -1.23. The molecule has 0 spiro atoms. The number of azide groups is 1. The van der Waals surface area contributed by atoms with Gasteiger partial charge in [0, 0.05) is 18.0 Å². The van der Waals surface area contributed by atoms with Gasteiger partial charge in [0.25, 0.3) is 0 Å².